The van der Waals surface area contributed by atoms with Gasteiger partial charge in [-0.15, -0.1) is 0 Å². The van der Waals surface area contributed by atoms with Gasteiger partial charge in [0.1, 0.15) is 6.61 Å². The van der Waals surface area contributed by atoms with Crippen molar-refractivity contribution in [2.24, 2.45) is 4.99 Å². The number of amidine groups is 1. The van der Waals surface area contributed by atoms with Crippen LogP contribution in [0, 0.1) is 13.8 Å². The fourth-order valence-corrected chi connectivity index (χ4v) is 5.47. The Kier molecular flexibility index (Phi) is 6.67. The fraction of sp³-hybridized carbons (Fsp3) is 0.161. The highest BCUT2D eigenvalue weighted by Crippen LogP contribution is 2.46. The second kappa shape index (κ2) is 10.3. The number of aliphatic imine (C=N–C) groups is 1. The molecule has 6 nitrogen and oxygen atoms in total. The summed E-state index contributed by atoms with van der Waals surface area (Å²) in [6, 6.07) is 23.9. The molecule has 0 saturated heterocycles. The molecule has 0 spiro atoms. The molecular weight excluding hydrogens is 531 g/mol. The number of benzene rings is 3. The number of nitrogens with zero attached hydrogens (tertiary/aromatic N) is 4. The van der Waals surface area contributed by atoms with E-state index in [1.54, 1.807) is 13.2 Å². The van der Waals surface area contributed by atoms with E-state index in [1.807, 2.05) is 83.4 Å². The van der Waals surface area contributed by atoms with E-state index in [2.05, 4.69) is 19.1 Å². The van der Waals surface area contributed by atoms with Crippen molar-refractivity contribution in [3.05, 3.63) is 123 Å². The van der Waals surface area contributed by atoms with Crippen molar-refractivity contribution in [2.75, 3.05) is 7.11 Å². The zero-order valence-electron chi connectivity index (χ0n) is 21.7. The third-order valence-electron chi connectivity index (χ3n) is 6.85. The van der Waals surface area contributed by atoms with Crippen LogP contribution in [0.15, 0.2) is 100 Å². The number of fused-ring (bicyclic) bond motifs is 2. The van der Waals surface area contributed by atoms with Crippen LogP contribution in [0.5, 0.6) is 11.5 Å². The standard InChI is InChI=1S/C31H26Cl2N4O2/c1-19-9-12-24(13-10-19)37-31-28(20(2)35-37)29(36-17-23(32)16-25(33)30(36)34-31)22-11-14-26(27(15-22)38-3)39-18-21-7-5-4-6-8-21/h4-17,29H,18H2,1-3H3/t29-/m1/s1. The maximum absolute atomic E-state index is 6.70. The summed E-state index contributed by atoms with van der Waals surface area (Å²) in [5.74, 6) is 2.63. The van der Waals surface area contributed by atoms with E-state index >= 15 is 0 Å². The van der Waals surface area contributed by atoms with Gasteiger partial charge in [0.15, 0.2) is 23.2 Å². The highest BCUT2D eigenvalue weighted by atomic mass is 35.5. The van der Waals surface area contributed by atoms with E-state index in [0.29, 0.717) is 34.0 Å². The molecule has 1 atom stereocenters. The van der Waals surface area contributed by atoms with Crippen LogP contribution in [0.25, 0.3) is 5.69 Å². The van der Waals surface area contributed by atoms with E-state index in [0.717, 1.165) is 33.9 Å². The molecular formula is C31H26Cl2N4O2. The van der Waals surface area contributed by atoms with Gasteiger partial charge < -0.3 is 14.4 Å². The molecule has 2 aliphatic rings. The lowest BCUT2D eigenvalue weighted by molar-refractivity contribution is 0.284. The Morgan fingerprint density at radius 3 is 2.44 bits per heavy atom. The van der Waals surface area contributed by atoms with E-state index in [4.69, 9.17) is 42.8 Å². The van der Waals surface area contributed by atoms with Crippen LogP contribution >= 0.6 is 23.2 Å². The number of hydrogen-bond donors (Lipinski definition) is 0. The Morgan fingerprint density at radius 1 is 0.923 bits per heavy atom. The quantitative estimate of drug-likeness (QED) is 0.244. The van der Waals surface area contributed by atoms with Crippen LogP contribution in [0.2, 0.25) is 0 Å². The Balaban J connectivity index is 1.46. The maximum atomic E-state index is 6.70. The first kappa shape index (κ1) is 25.3. The number of allylic oxidation sites excluding steroid dienone is 2. The van der Waals surface area contributed by atoms with E-state index in [9.17, 15) is 0 Å². The van der Waals surface area contributed by atoms with Crippen molar-refractivity contribution >= 4 is 34.9 Å². The number of rotatable bonds is 6. The molecule has 6 rings (SSSR count). The molecule has 1 aromatic heterocycles. The average molecular weight is 557 g/mol. The van der Waals surface area contributed by atoms with Crippen LogP contribution < -0.4 is 9.47 Å². The zero-order chi connectivity index (χ0) is 27.1. The highest BCUT2D eigenvalue weighted by molar-refractivity contribution is 6.45. The molecule has 3 aromatic carbocycles. The first-order chi connectivity index (χ1) is 18.9. The van der Waals surface area contributed by atoms with Crippen molar-refractivity contribution in [1.29, 1.82) is 0 Å². The minimum absolute atomic E-state index is 0.292. The molecule has 4 aromatic rings. The molecule has 2 aliphatic heterocycles. The van der Waals surface area contributed by atoms with Crippen LogP contribution in [0.1, 0.15) is 34.0 Å². The minimum Gasteiger partial charge on any atom is -0.493 e. The Hall–Kier alpha value is -4.00. The summed E-state index contributed by atoms with van der Waals surface area (Å²) in [6.45, 7) is 4.50. The van der Waals surface area contributed by atoms with Gasteiger partial charge in [-0.3, -0.25) is 0 Å². The van der Waals surface area contributed by atoms with Crippen LogP contribution in [-0.2, 0) is 6.61 Å². The maximum Gasteiger partial charge on any atom is 0.164 e. The molecule has 0 fully saturated rings. The Bertz CT molecular complexity index is 1640. The van der Waals surface area contributed by atoms with E-state index < -0.39 is 0 Å². The fourth-order valence-electron chi connectivity index (χ4n) is 4.94. The van der Waals surface area contributed by atoms with Gasteiger partial charge in [-0.25, -0.2) is 9.67 Å². The number of aryl methyl sites for hydroxylation is 2. The lowest BCUT2D eigenvalue weighted by Crippen LogP contribution is -2.35. The third kappa shape index (κ3) is 4.71. The van der Waals surface area contributed by atoms with Gasteiger partial charge >= 0.3 is 0 Å². The van der Waals surface area contributed by atoms with Crippen LogP contribution in [-0.4, -0.2) is 27.6 Å². The van der Waals surface area contributed by atoms with Gasteiger partial charge in [0, 0.05) is 11.8 Å². The lowest BCUT2D eigenvalue weighted by atomic mass is 9.94. The highest BCUT2D eigenvalue weighted by Gasteiger charge is 2.38. The first-order valence-corrected chi connectivity index (χ1v) is 13.3. The molecule has 8 heteroatoms. The third-order valence-corrected chi connectivity index (χ3v) is 7.33. The van der Waals surface area contributed by atoms with Gasteiger partial charge in [-0.1, -0.05) is 77.3 Å². The largest absolute Gasteiger partial charge is 0.493 e. The summed E-state index contributed by atoms with van der Waals surface area (Å²) >= 11 is 13.2. The molecule has 0 radical (unpaired) electrons. The number of ether oxygens (including phenoxy) is 2. The zero-order valence-corrected chi connectivity index (χ0v) is 23.2. The molecule has 196 valence electrons. The van der Waals surface area contributed by atoms with Gasteiger partial charge in [0.25, 0.3) is 0 Å². The first-order valence-electron chi connectivity index (χ1n) is 12.6. The number of methoxy groups -OCH3 is 1. The predicted octanol–water partition coefficient (Wildman–Crippen LogP) is 7.73. The molecule has 0 saturated carbocycles. The summed E-state index contributed by atoms with van der Waals surface area (Å²) < 4.78 is 13.8. The second-order valence-corrected chi connectivity index (χ2v) is 10.3. The Morgan fingerprint density at radius 2 is 1.69 bits per heavy atom. The Labute approximate surface area is 237 Å². The predicted molar refractivity (Wildman–Crippen MR) is 155 cm³/mol. The number of aromatic nitrogens is 2. The van der Waals surface area contributed by atoms with Crippen molar-refractivity contribution in [3.63, 3.8) is 0 Å². The summed E-state index contributed by atoms with van der Waals surface area (Å²) in [7, 11) is 1.64. The number of halogens is 2. The lowest BCUT2D eigenvalue weighted by Gasteiger charge is -2.37. The summed E-state index contributed by atoms with van der Waals surface area (Å²) in [4.78, 5) is 6.99. The van der Waals surface area contributed by atoms with Gasteiger partial charge in [-0.2, -0.15) is 5.10 Å². The summed E-state index contributed by atoms with van der Waals surface area (Å²) in [5.41, 5.74) is 5.96. The van der Waals surface area contributed by atoms with Crippen molar-refractivity contribution < 1.29 is 9.47 Å². The molecule has 0 bridgehead atoms. The minimum atomic E-state index is -0.292. The second-order valence-electron chi connectivity index (χ2n) is 9.51. The van der Waals surface area contributed by atoms with E-state index in [-0.39, 0.29) is 6.04 Å². The number of hydrogen-bond acceptors (Lipinski definition) is 5. The van der Waals surface area contributed by atoms with Crippen LogP contribution in [0.3, 0.4) is 0 Å². The summed E-state index contributed by atoms with van der Waals surface area (Å²) in [5, 5.41) is 5.88. The molecule has 0 unspecified atom stereocenters. The smallest absolute Gasteiger partial charge is 0.164 e. The van der Waals surface area contributed by atoms with Gasteiger partial charge in [0.2, 0.25) is 0 Å². The van der Waals surface area contributed by atoms with Crippen molar-refractivity contribution in [3.8, 4) is 17.2 Å². The molecule has 39 heavy (non-hydrogen) atoms. The van der Waals surface area contributed by atoms with Gasteiger partial charge in [0.05, 0.1) is 34.6 Å². The normalized spacial score (nSPS) is 16.1. The van der Waals surface area contributed by atoms with Crippen LogP contribution in [0.4, 0.5) is 5.82 Å². The van der Waals surface area contributed by atoms with E-state index in [1.165, 1.54) is 5.56 Å². The van der Waals surface area contributed by atoms with Crippen molar-refractivity contribution in [1.82, 2.24) is 14.7 Å². The van der Waals surface area contributed by atoms with Gasteiger partial charge in [-0.05, 0) is 55.3 Å². The monoisotopic (exact) mass is 556 g/mol. The molecule has 3 heterocycles. The molecule has 0 N–H and O–H groups in total. The molecule has 0 amide bonds. The summed E-state index contributed by atoms with van der Waals surface area (Å²) in [6.07, 6.45) is 3.57. The van der Waals surface area contributed by atoms with Crippen molar-refractivity contribution in [2.45, 2.75) is 26.5 Å². The SMILES string of the molecule is COc1cc([C@@H]2c3c(C)nn(-c4ccc(C)cc4)c3N=C3C(Cl)=CC(Cl)=CN32)ccc1OCc1ccccc1. The average Bonchev–Trinajstić information content (AvgIpc) is 3.27. The molecule has 0 aliphatic carbocycles. The topological polar surface area (TPSA) is 51.9 Å².